The molecule has 0 aliphatic rings. The summed E-state index contributed by atoms with van der Waals surface area (Å²) in [5.74, 6) is -1.22. The first kappa shape index (κ1) is 14.2. The third-order valence-electron chi connectivity index (χ3n) is 0.950. The number of methoxy groups -OCH3 is 1. The van der Waals surface area contributed by atoms with Crippen LogP contribution < -0.4 is 34.9 Å². The number of hydrogen-bond acceptors (Lipinski definition) is 4. The molecule has 1 unspecified atom stereocenters. The number of esters is 1. The molecule has 1 atom stereocenters. The van der Waals surface area contributed by atoms with Crippen molar-refractivity contribution in [2.75, 3.05) is 7.11 Å². The summed E-state index contributed by atoms with van der Waals surface area (Å²) >= 11 is 0. The average molecular weight is 183 g/mol. The largest absolute Gasteiger partial charge is 1.00 e. The Hall–Kier alpha value is -0.390. The van der Waals surface area contributed by atoms with Gasteiger partial charge in [-0.15, -0.1) is 0 Å². The quantitative estimate of drug-likeness (QED) is 0.209. The smallest absolute Gasteiger partial charge is 1.00 e. The summed E-state index contributed by atoms with van der Waals surface area (Å²) in [5, 5.41) is 2.10. The molecular weight excluding hydrogens is 173 g/mol. The molecule has 1 N–H and O–H groups in total. The molecular formula is C6H10NNaO4. The summed E-state index contributed by atoms with van der Waals surface area (Å²) in [4.78, 5) is 31.1. The molecule has 1 amide bonds. The molecule has 6 heteroatoms. The van der Waals surface area contributed by atoms with Crippen molar-refractivity contribution >= 4 is 18.2 Å². The maximum Gasteiger partial charge on any atom is 1.00 e. The van der Waals surface area contributed by atoms with Crippen molar-refractivity contribution in [2.24, 2.45) is 0 Å². The van der Waals surface area contributed by atoms with Crippen LogP contribution in [0, 0.1) is 0 Å². The van der Waals surface area contributed by atoms with Gasteiger partial charge in [0.25, 0.3) is 0 Å². The van der Waals surface area contributed by atoms with Gasteiger partial charge in [0.2, 0.25) is 5.91 Å². The molecule has 0 saturated carbocycles. The van der Waals surface area contributed by atoms with Crippen molar-refractivity contribution in [1.29, 1.82) is 0 Å². The molecule has 0 radical (unpaired) electrons. The van der Waals surface area contributed by atoms with Crippen LogP contribution in [0.15, 0.2) is 0 Å². The molecule has 0 bridgehead atoms. The number of carbonyl (C=O) groups excluding carboxylic acids is 3. The van der Waals surface area contributed by atoms with Crippen LogP contribution in [0.4, 0.5) is 0 Å². The monoisotopic (exact) mass is 183 g/mol. The van der Waals surface area contributed by atoms with Crippen molar-refractivity contribution in [1.82, 2.24) is 5.32 Å². The van der Waals surface area contributed by atoms with E-state index in [2.05, 4.69) is 10.1 Å². The van der Waals surface area contributed by atoms with Crippen molar-refractivity contribution in [3.05, 3.63) is 0 Å². The van der Waals surface area contributed by atoms with E-state index in [1.807, 2.05) is 0 Å². The van der Waals surface area contributed by atoms with Crippen molar-refractivity contribution < 1.29 is 50.1 Å². The second kappa shape index (κ2) is 7.27. The Balaban J connectivity index is -0.000000500. The van der Waals surface area contributed by atoms with Gasteiger partial charge in [0.15, 0.2) is 12.3 Å². The van der Waals surface area contributed by atoms with Gasteiger partial charge in [-0.05, 0) is 0 Å². The zero-order valence-electron chi connectivity index (χ0n) is 8.29. The average Bonchev–Trinajstić information content (AvgIpc) is 1.98. The number of carbonyl (C=O) groups is 3. The van der Waals surface area contributed by atoms with Crippen LogP contribution in [-0.4, -0.2) is 31.3 Å². The van der Waals surface area contributed by atoms with Gasteiger partial charge in [-0.2, -0.15) is 0 Å². The van der Waals surface area contributed by atoms with Gasteiger partial charge in [0, 0.05) is 6.92 Å². The number of amides is 1. The van der Waals surface area contributed by atoms with E-state index in [0.29, 0.717) is 6.29 Å². The second-order valence-electron chi connectivity index (χ2n) is 1.84. The molecule has 0 aromatic rings. The first-order chi connectivity index (χ1) is 5.11. The van der Waals surface area contributed by atoms with Crippen LogP contribution in [0.1, 0.15) is 8.35 Å². The topological polar surface area (TPSA) is 72.5 Å². The van der Waals surface area contributed by atoms with E-state index in [-0.39, 0.29) is 31.0 Å². The van der Waals surface area contributed by atoms with Crippen LogP contribution >= 0.6 is 0 Å². The molecule has 0 aromatic heterocycles. The van der Waals surface area contributed by atoms with Crippen LogP contribution in [-0.2, 0) is 19.1 Å². The molecule has 5 nitrogen and oxygen atoms in total. The summed E-state index contributed by atoms with van der Waals surface area (Å²) in [6.45, 7) is 1.21. The van der Waals surface area contributed by atoms with E-state index in [9.17, 15) is 14.4 Å². The summed E-state index contributed by atoms with van der Waals surface area (Å²) in [6, 6.07) is -1.18. The molecule has 12 heavy (non-hydrogen) atoms. The Morgan fingerprint density at radius 1 is 1.58 bits per heavy atom. The zero-order valence-corrected chi connectivity index (χ0v) is 9.29. The first-order valence-electron chi connectivity index (χ1n) is 2.92. The van der Waals surface area contributed by atoms with Crippen LogP contribution in [0.3, 0.4) is 0 Å². The Bertz CT molecular complexity index is 187. The molecule has 0 aromatic carbocycles. The molecule has 0 rings (SSSR count). The molecule has 0 aliphatic heterocycles. The number of nitrogens with one attached hydrogen (secondary N) is 1. The maximum absolute atomic E-state index is 10.6. The Morgan fingerprint density at radius 3 is 2.33 bits per heavy atom. The fraction of sp³-hybridized carbons (Fsp3) is 0.500. The Labute approximate surface area is 93.6 Å². The number of hydrogen-bond donors (Lipinski definition) is 1. The van der Waals surface area contributed by atoms with Gasteiger partial charge in [-0.25, -0.2) is 4.79 Å². The predicted molar refractivity (Wildman–Crippen MR) is 36.8 cm³/mol. The predicted octanol–water partition coefficient (Wildman–Crippen LogP) is -4.02. The maximum atomic E-state index is 10.6. The fourth-order valence-corrected chi connectivity index (χ4v) is 0.494. The van der Waals surface area contributed by atoms with E-state index in [4.69, 9.17) is 0 Å². The SMILES string of the molecule is COC(=O)C(C=O)NC(C)=O.[H-].[Na+]. The van der Waals surface area contributed by atoms with Crippen LogP contribution in [0.25, 0.3) is 0 Å². The van der Waals surface area contributed by atoms with E-state index in [0.717, 1.165) is 7.11 Å². The van der Waals surface area contributed by atoms with Crippen molar-refractivity contribution in [3.63, 3.8) is 0 Å². The van der Waals surface area contributed by atoms with Crippen LogP contribution in [0.2, 0.25) is 0 Å². The van der Waals surface area contributed by atoms with Gasteiger partial charge >= 0.3 is 35.5 Å². The van der Waals surface area contributed by atoms with E-state index in [1.165, 1.54) is 6.92 Å². The Morgan fingerprint density at radius 2 is 2.08 bits per heavy atom. The molecule has 0 heterocycles. The number of ether oxygens (including phenoxy) is 1. The molecule has 64 valence electrons. The van der Waals surface area contributed by atoms with E-state index in [1.54, 1.807) is 0 Å². The number of rotatable bonds is 3. The fourth-order valence-electron chi connectivity index (χ4n) is 0.494. The third-order valence-corrected chi connectivity index (χ3v) is 0.950. The molecule has 0 aliphatic carbocycles. The van der Waals surface area contributed by atoms with Gasteiger partial charge in [0.05, 0.1) is 7.11 Å². The summed E-state index contributed by atoms with van der Waals surface area (Å²) in [5.41, 5.74) is 0. The minimum atomic E-state index is -1.18. The Kier molecular flexibility index (Phi) is 8.57. The van der Waals surface area contributed by atoms with Gasteiger partial charge in [0.1, 0.15) is 0 Å². The van der Waals surface area contributed by atoms with Gasteiger partial charge in [-0.1, -0.05) is 0 Å². The van der Waals surface area contributed by atoms with Gasteiger partial charge < -0.3 is 16.3 Å². The standard InChI is InChI=1S/C6H9NO4.Na.H/c1-4(9)7-5(3-8)6(10)11-2;;/h3,5H,1-2H3,(H,7,9);;/q;+1;-1. The van der Waals surface area contributed by atoms with Crippen molar-refractivity contribution in [2.45, 2.75) is 13.0 Å². The van der Waals surface area contributed by atoms with Crippen molar-refractivity contribution in [3.8, 4) is 0 Å². The van der Waals surface area contributed by atoms with Crippen LogP contribution in [0.5, 0.6) is 0 Å². The minimum Gasteiger partial charge on any atom is -1.00 e. The molecule has 0 spiro atoms. The van der Waals surface area contributed by atoms with E-state index >= 15 is 0 Å². The molecule has 0 saturated heterocycles. The van der Waals surface area contributed by atoms with Gasteiger partial charge in [-0.3, -0.25) is 4.79 Å². The molecule has 0 fully saturated rings. The minimum absolute atomic E-state index is 0. The second-order valence-corrected chi connectivity index (χ2v) is 1.84. The first-order valence-corrected chi connectivity index (χ1v) is 2.92. The third kappa shape index (κ3) is 5.29. The summed E-state index contributed by atoms with van der Waals surface area (Å²) in [6.07, 6.45) is 0.313. The normalized spacial score (nSPS) is 10.5. The zero-order chi connectivity index (χ0) is 8.85. The van der Waals surface area contributed by atoms with E-state index < -0.39 is 17.9 Å². The summed E-state index contributed by atoms with van der Waals surface area (Å²) in [7, 11) is 1.14. The number of aldehydes is 1. The summed E-state index contributed by atoms with van der Waals surface area (Å²) < 4.78 is 4.22.